The fourth-order valence-corrected chi connectivity index (χ4v) is 1.68. The van der Waals surface area contributed by atoms with E-state index < -0.39 is 24.2 Å². The number of ether oxygens (including phenoxy) is 1. The second-order valence-electron chi connectivity index (χ2n) is 5.68. The van der Waals surface area contributed by atoms with Gasteiger partial charge in [0.05, 0.1) is 0 Å². The van der Waals surface area contributed by atoms with Crippen LogP contribution >= 0.6 is 0 Å². The molecule has 0 atom stereocenters. The van der Waals surface area contributed by atoms with Gasteiger partial charge in [-0.3, -0.25) is 9.69 Å². The molecule has 0 heterocycles. The number of hydrogen-bond donors (Lipinski definition) is 1. The number of nitrogens with zero attached hydrogens (tertiary/aromatic N) is 1. The van der Waals surface area contributed by atoms with Gasteiger partial charge in [-0.2, -0.15) is 0 Å². The summed E-state index contributed by atoms with van der Waals surface area (Å²) in [5.74, 6) is -1.49. The number of carbonyl (C=O) groups excluding carboxylic acids is 1. The maximum atomic E-state index is 13.1. The number of carboxylic acids is 1. The van der Waals surface area contributed by atoms with Gasteiger partial charge in [0, 0.05) is 6.54 Å². The molecule has 0 radical (unpaired) electrons. The Morgan fingerprint density at radius 3 is 2.52 bits per heavy atom. The largest absolute Gasteiger partial charge is 0.480 e. The highest BCUT2D eigenvalue weighted by molar-refractivity contribution is 5.76. The normalized spacial score (nSPS) is 11.0. The van der Waals surface area contributed by atoms with Crippen molar-refractivity contribution in [1.82, 2.24) is 4.90 Å². The summed E-state index contributed by atoms with van der Waals surface area (Å²) in [4.78, 5) is 23.9. The first-order valence-electron chi connectivity index (χ1n) is 6.61. The Morgan fingerprint density at radius 2 is 2.00 bits per heavy atom. The first-order valence-corrected chi connectivity index (χ1v) is 6.61. The van der Waals surface area contributed by atoms with Crippen molar-refractivity contribution in [1.29, 1.82) is 0 Å². The molecule has 0 saturated heterocycles. The number of carbonyl (C=O) groups is 2. The second kappa shape index (κ2) is 7.06. The Labute approximate surface area is 123 Å². The number of halogens is 1. The number of aliphatic carboxylic acids is 1. The first-order chi connectivity index (χ1) is 9.67. The zero-order valence-electron chi connectivity index (χ0n) is 12.4. The molecular formula is C15H20FNO4. The average molecular weight is 297 g/mol. The number of hydrogen-bond acceptors (Lipinski definition) is 3. The monoisotopic (exact) mass is 297 g/mol. The molecular weight excluding hydrogens is 277 g/mol. The average Bonchev–Trinajstić information content (AvgIpc) is 2.32. The lowest BCUT2D eigenvalue weighted by Crippen LogP contribution is -2.40. The van der Waals surface area contributed by atoms with Crippen molar-refractivity contribution in [2.45, 2.75) is 32.8 Å². The van der Waals surface area contributed by atoms with Crippen LogP contribution in [0.2, 0.25) is 0 Å². The summed E-state index contributed by atoms with van der Waals surface area (Å²) in [6.07, 6.45) is -0.342. The van der Waals surface area contributed by atoms with Crippen molar-refractivity contribution in [2.75, 3.05) is 13.1 Å². The Bertz CT molecular complexity index is 511. The van der Waals surface area contributed by atoms with E-state index in [0.717, 1.165) is 4.90 Å². The van der Waals surface area contributed by atoms with Crippen molar-refractivity contribution in [3.05, 3.63) is 35.6 Å². The fourth-order valence-electron chi connectivity index (χ4n) is 1.68. The van der Waals surface area contributed by atoms with Crippen LogP contribution in [-0.2, 0) is 16.0 Å². The summed E-state index contributed by atoms with van der Waals surface area (Å²) in [6.45, 7) is 4.80. The molecule has 1 amide bonds. The molecule has 0 saturated carbocycles. The van der Waals surface area contributed by atoms with Gasteiger partial charge in [-0.1, -0.05) is 12.1 Å². The number of amides is 1. The third-order valence-electron chi connectivity index (χ3n) is 2.54. The SMILES string of the molecule is CC(C)(C)OC(=O)N(CCc1cccc(F)c1)CC(=O)O. The molecule has 21 heavy (non-hydrogen) atoms. The second-order valence-corrected chi connectivity index (χ2v) is 5.68. The van der Waals surface area contributed by atoms with E-state index in [2.05, 4.69) is 0 Å². The number of rotatable bonds is 5. The molecule has 1 aromatic rings. The van der Waals surface area contributed by atoms with Gasteiger partial charge in [-0.15, -0.1) is 0 Å². The summed E-state index contributed by atoms with van der Waals surface area (Å²) in [5.41, 5.74) is -0.0129. The lowest BCUT2D eigenvalue weighted by atomic mass is 10.1. The molecule has 1 rings (SSSR count). The van der Waals surface area contributed by atoms with E-state index in [9.17, 15) is 14.0 Å². The molecule has 5 nitrogen and oxygen atoms in total. The maximum Gasteiger partial charge on any atom is 0.410 e. The van der Waals surface area contributed by atoms with Gasteiger partial charge < -0.3 is 9.84 Å². The lowest BCUT2D eigenvalue weighted by molar-refractivity contribution is -0.138. The highest BCUT2D eigenvalue weighted by Crippen LogP contribution is 2.11. The predicted octanol–water partition coefficient (Wildman–Crippen LogP) is 2.69. The summed E-state index contributed by atoms with van der Waals surface area (Å²) in [7, 11) is 0. The molecule has 0 spiro atoms. The zero-order chi connectivity index (χ0) is 16.0. The van der Waals surface area contributed by atoms with E-state index in [-0.39, 0.29) is 12.4 Å². The Balaban J connectivity index is 2.70. The molecule has 0 aromatic heterocycles. The van der Waals surface area contributed by atoms with Gasteiger partial charge in [0.15, 0.2) is 0 Å². The van der Waals surface area contributed by atoms with Gasteiger partial charge in [0.2, 0.25) is 0 Å². The smallest absolute Gasteiger partial charge is 0.410 e. The van der Waals surface area contributed by atoms with E-state index >= 15 is 0 Å². The maximum absolute atomic E-state index is 13.1. The zero-order valence-corrected chi connectivity index (χ0v) is 12.4. The minimum absolute atomic E-state index is 0.144. The van der Waals surface area contributed by atoms with Crippen molar-refractivity contribution in [2.24, 2.45) is 0 Å². The third-order valence-corrected chi connectivity index (χ3v) is 2.54. The molecule has 0 bridgehead atoms. The molecule has 6 heteroatoms. The standard InChI is InChI=1S/C15H20FNO4/c1-15(2,3)21-14(20)17(10-13(18)19)8-7-11-5-4-6-12(16)9-11/h4-6,9H,7-8,10H2,1-3H3,(H,18,19). The summed E-state index contributed by atoms with van der Waals surface area (Å²) < 4.78 is 18.2. The minimum atomic E-state index is -1.12. The summed E-state index contributed by atoms with van der Waals surface area (Å²) >= 11 is 0. The van der Waals surface area contributed by atoms with Crippen molar-refractivity contribution < 1.29 is 23.8 Å². The highest BCUT2D eigenvalue weighted by Gasteiger charge is 2.23. The van der Waals surface area contributed by atoms with Crippen LogP contribution in [0.4, 0.5) is 9.18 Å². The van der Waals surface area contributed by atoms with E-state index in [4.69, 9.17) is 9.84 Å². The molecule has 0 fully saturated rings. The van der Waals surface area contributed by atoms with Crippen LogP contribution < -0.4 is 0 Å². The molecule has 0 aliphatic carbocycles. The third kappa shape index (κ3) is 6.74. The van der Waals surface area contributed by atoms with Gasteiger partial charge in [-0.05, 0) is 44.9 Å². The first kappa shape index (κ1) is 16.9. The van der Waals surface area contributed by atoms with Crippen molar-refractivity contribution in [3.8, 4) is 0 Å². The molecule has 0 unspecified atom stereocenters. The van der Waals surface area contributed by atoms with Gasteiger partial charge in [0.25, 0.3) is 0 Å². The van der Waals surface area contributed by atoms with Crippen molar-refractivity contribution in [3.63, 3.8) is 0 Å². The van der Waals surface area contributed by atoms with E-state index in [0.29, 0.717) is 12.0 Å². The van der Waals surface area contributed by atoms with E-state index in [1.54, 1.807) is 32.9 Å². The Morgan fingerprint density at radius 1 is 1.33 bits per heavy atom. The van der Waals surface area contributed by atoms with Gasteiger partial charge in [0.1, 0.15) is 18.0 Å². The molecule has 1 aromatic carbocycles. The number of benzene rings is 1. The number of carboxylic acid groups (broad SMARTS) is 1. The molecule has 0 aliphatic heterocycles. The summed E-state index contributed by atoms with van der Waals surface area (Å²) in [5, 5.41) is 8.86. The van der Waals surface area contributed by atoms with Crippen LogP contribution in [0.3, 0.4) is 0 Å². The topological polar surface area (TPSA) is 66.8 Å². The van der Waals surface area contributed by atoms with Crippen LogP contribution in [0, 0.1) is 5.82 Å². The lowest BCUT2D eigenvalue weighted by Gasteiger charge is -2.26. The van der Waals surface area contributed by atoms with Gasteiger partial charge in [-0.25, -0.2) is 9.18 Å². The molecule has 116 valence electrons. The van der Waals surface area contributed by atoms with E-state index in [1.807, 2.05) is 0 Å². The summed E-state index contributed by atoms with van der Waals surface area (Å²) in [6, 6.07) is 5.97. The Kier molecular flexibility index (Phi) is 5.69. The highest BCUT2D eigenvalue weighted by atomic mass is 19.1. The van der Waals surface area contributed by atoms with Gasteiger partial charge >= 0.3 is 12.1 Å². The van der Waals surface area contributed by atoms with Crippen molar-refractivity contribution >= 4 is 12.1 Å². The fraction of sp³-hybridized carbons (Fsp3) is 0.467. The molecule has 0 aliphatic rings. The van der Waals surface area contributed by atoms with Crippen LogP contribution in [0.15, 0.2) is 24.3 Å². The van der Waals surface area contributed by atoms with Crippen LogP contribution in [-0.4, -0.2) is 40.8 Å². The quantitative estimate of drug-likeness (QED) is 0.907. The molecule has 1 N–H and O–H groups in total. The predicted molar refractivity (Wildman–Crippen MR) is 75.5 cm³/mol. The Hall–Kier alpha value is -2.11. The van der Waals surface area contributed by atoms with Crippen LogP contribution in [0.5, 0.6) is 0 Å². The van der Waals surface area contributed by atoms with E-state index in [1.165, 1.54) is 12.1 Å². The van der Waals surface area contributed by atoms with Crippen LogP contribution in [0.25, 0.3) is 0 Å². The minimum Gasteiger partial charge on any atom is -0.480 e. The van der Waals surface area contributed by atoms with Crippen LogP contribution in [0.1, 0.15) is 26.3 Å².